The topological polar surface area (TPSA) is 101 Å². The Morgan fingerprint density at radius 1 is 1.23 bits per heavy atom. The SMILES string of the molecule is CS(=O)(=O)Cc1cc(F)ccc1NC(=O)CCCCC(=O)O. The highest BCUT2D eigenvalue weighted by molar-refractivity contribution is 7.89. The minimum atomic E-state index is -3.37. The summed E-state index contributed by atoms with van der Waals surface area (Å²) in [5, 5.41) is 11.0. The monoisotopic (exact) mass is 331 g/mol. The lowest BCUT2D eigenvalue weighted by Gasteiger charge is -2.10. The Balaban J connectivity index is 2.68. The molecule has 1 aromatic carbocycles. The van der Waals surface area contributed by atoms with Crippen molar-refractivity contribution in [3.05, 3.63) is 29.6 Å². The van der Waals surface area contributed by atoms with Crippen LogP contribution in [0.3, 0.4) is 0 Å². The molecule has 0 fully saturated rings. The molecule has 0 aliphatic carbocycles. The molecule has 0 heterocycles. The van der Waals surface area contributed by atoms with E-state index in [0.717, 1.165) is 18.4 Å². The maximum Gasteiger partial charge on any atom is 0.303 e. The van der Waals surface area contributed by atoms with Crippen LogP contribution in [0, 0.1) is 5.82 Å². The maximum atomic E-state index is 13.2. The fourth-order valence-electron chi connectivity index (χ4n) is 1.86. The zero-order valence-electron chi connectivity index (χ0n) is 12.1. The Bertz CT molecular complexity index is 657. The van der Waals surface area contributed by atoms with Gasteiger partial charge in [0.25, 0.3) is 0 Å². The lowest BCUT2D eigenvalue weighted by Crippen LogP contribution is -2.14. The first-order chi connectivity index (χ1) is 10.2. The second kappa shape index (κ2) is 7.88. The molecule has 0 aromatic heterocycles. The van der Waals surface area contributed by atoms with Gasteiger partial charge in [-0.1, -0.05) is 0 Å². The fourth-order valence-corrected chi connectivity index (χ4v) is 2.66. The van der Waals surface area contributed by atoms with E-state index in [0.29, 0.717) is 12.8 Å². The van der Waals surface area contributed by atoms with Gasteiger partial charge >= 0.3 is 5.97 Å². The zero-order chi connectivity index (χ0) is 16.8. The summed E-state index contributed by atoms with van der Waals surface area (Å²) in [6.45, 7) is 0. The van der Waals surface area contributed by atoms with E-state index >= 15 is 0 Å². The zero-order valence-corrected chi connectivity index (χ0v) is 13.0. The largest absolute Gasteiger partial charge is 0.481 e. The van der Waals surface area contributed by atoms with Crippen molar-refractivity contribution in [2.24, 2.45) is 0 Å². The standard InChI is InChI=1S/C14H18FNO5S/c1-22(20,21)9-10-8-11(15)6-7-12(10)16-13(17)4-2-3-5-14(18)19/h6-8H,2-5,9H2,1H3,(H,16,17)(H,18,19). The van der Waals surface area contributed by atoms with Crippen LogP contribution in [-0.4, -0.2) is 31.7 Å². The average molecular weight is 331 g/mol. The molecule has 0 atom stereocenters. The van der Waals surface area contributed by atoms with Crippen LogP contribution in [0.1, 0.15) is 31.2 Å². The first kappa shape index (κ1) is 18.1. The number of rotatable bonds is 8. The van der Waals surface area contributed by atoms with Gasteiger partial charge in [0.05, 0.1) is 5.75 Å². The summed E-state index contributed by atoms with van der Waals surface area (Å²) in [6, 6.07) is 3.51. The maximum absolute atomic E-state index is 13.2. The summed E-state index contributed by atoms with van der Waals surface area (Å²) < 4.78 is 35.9. The second-order valence-electron chi connectivity index (χ2n) is 5.02. The van der Waals surface area contributed by atoms with Crippen LogP contribution in [0.5, 0.6) is 0 Å². The van der Waals surface area contributed by atoms with E-state index in [9.17, 15) is 22.4 Å². The molecule has 8 heteroatoms. The number of carbonyl (C=O) groups excluding carboxylic acids is 1. The second-order valence-corrected chi connectivity index (χ2v) is 7.16. The van der Waals surface area contributed by atoms with E-state index in [1.165, 1.54) is 6.07 Å². The van der Waals surface area contributed by atoms with Gasteiger partial charge < -0.3 is 10.4 Å². The molecule has 0 saturated heterocycles. The van der Waals surface area contributed by atoms with Crippen LogP contribution in [0.25, 0.3) is 0 Å². The van der Waals surface area contributed by atoms with Gasteiger partial charge in [-0.2, -0.15) is 0 Å². The Kier molecular flexibility index (Phi) is 6.48. The first-order valence-corrected chi connectivity index (χ1v) is 8.71. The summed E-state index contributed by atoms with van der Waals surface area (Å²) >= 11 is 0. The number of unbranched alkanes of at least 4 members (excludes halogenated alkanes) is 1. The van der Waals surface area contributed by atoms with Crippen molar-refractivity contribution in [3.8, 4) is 0 Å². The van der Waals surface area contributed by atoms with Crippen molar-refractivity contribution in [1.82, 2.24) is 0 Å². The molecule has 1 aromatic rings. The minimum Gasteiger partial charge on any atom is -0.481 e. The molecule has 22 heavy (non-hydrogen) atoms. The van der Waals surface area contributed by atoms with Crippen LogP contribution >= 0.6 is 0 Å². The number of nitrogens with one attached hydrogen (secondary N) is 1. The van der Waals surface area contributed by atoms with Crippen molar-refractivity contribution in [2.75, 3.05) is 11.6 Å². The lowest BCUT2D eigenvalue weighted by molar-refractivity contribution is -0.137. The van der Waals surface area contributed by atoms with Gasteiger partial charge in [-0.15, -0.1) is 0 Å². The summed E-state index contributed by atoms with van der Waals surface area (Å²) in [4.78, 5) is 22.1. The predicted molar refractivity (Wildman–Crippen MR) is 79.7 cm³/mol. The molecule has 0 saturated carbocycles. The number of halogens is 1. The highest BCUT2D eigenvalue weighted by atomic mass is 32.2. The van der Waals surface area contributed by atoms with Gasteiger partial charge in [0, 0.05) is 24.8 Å². The number of carbonyl (C=O) groups is 2. The van der Waals surface area contributed by atoms with Crippen molar-refractivity contribution in [3.63, 3.8) is 0 Å². The van der Waals surface area contributed by atoms with E-state index in [4.69, 9.17) is 5.11 Å². The number of sulfone groups is 1. The van der Waals surface area contributed by atoms with Crippen LogP contribution < -0.4 is 5.32 Å². The molecule has 0 bridgehead atoms. The molecule has 1 amide bonds. The number of carboxylic acids is 1. The highest BCUT2D eigenvalue weighted by Crippen LogP contribution is 2.20. The number of hydrogen-bond acceptors (Lipinski definition) is 4. The molecule has 0 spiro atoms. The van der Waals surface area contributed by atoms with Gasteiger partial charge in [0.1, 0.15) is 5.82 Å². The van der Waals surface area contributed by atoms with E-state index in [-0.39, 0.29) is 35.8 Å². The average Bonchev–Trinajstić information content (AvgIpc) is 2.36. The number of carboxylic acid groups (broad SMARTS) is 1. The molecular formula is C14H18FNO5S. The molecule has 0 radical (unpaired) electrons. The van der Waals surface area contributed by atoms with Crippen LogP contribution in [0.15, 0.2) is 18.2 Å². The summed E-state index contributed by atoms with van der Waals surface area (Å²) in [7, 11) is -3.37. The van der Waals surface area contributed by atoms with E-state index < -0.39 is 21.6 Å². The molecule has 1 rings (SSSR count). The Labute approximate surface area is 128 Å². The number of amides is 1. The highest BCUT2D eigenvalue weighted by Gasteiger charge is 2.13. The third kappa shape index (κ3) is 7.16. The van der Waals surface area contributed by atoms with Crippen molar-refractivity contribution in [1.29, 1.82) is 0 Å². The molecule has 0 aliphatic heterocycles. The predicted octanol–water partition coefficient (Wildman–Crippen LogP) is 1.95. The molecule has 6 nitrogen and oxygen atoms in total. The minimum absolute atomic E-state index is 0.0108. The third-order valence-electron chi connectivity index (χ3n) is 2.80. The van der Waals surface area contributed by atoms with Crippen molar-refractivity contribution in [2.45, 2.75) is 31.4 Å². The number of benzene rings is 1. The Morgan fingerprint density at radius 2 is 1.86 bits per heavy atom. The number of anilines is 1. The van der Waals surface area contributed by atoms with Crippen molar-refractivity contribution < 1.29 is 27.5 Å². The normalized spacial score (nSPS) is 11.2. The summed E-state index contributed by atoms with van der Waals surface area (Å²) in [5.41, 5.74) is 0.427. The number of aliphatic carboxylic acids is 1. The first-order valence-electron chi connectivity index (χ1n) is 6.65. The van der Waals surface area contributed by atoms with E-state index in [1.807, 2.05) is 0 Å². The summed E-state index contributed by atoms with van der Waals surface area (Å²) in [5.74, 6) is -2.25. The van der Waals surface area contributed by atoms with Gasteiger partial charge in [0.2, 0.25) is 5.91 Å². The Hall–Kier alpha value is -1.96. The van der Waals surface area contributed by atoms with E-state index in [1.54, 1.807) is 0 Å². The molecule has 0 unspecified atom stereocenters. The molecule has 0 aliphatic rings. The lowest BCUT2D eigenvalue weighted by atomic mass is 10.1. The van der Waals surface area contributed by atoms with Gasteiger partial charge in [-0.3, -0.25) is 9.59 Å². The fraction of sp³-hybridized carbons (Fsp3) is 0.429. The Morgan fingerprint density at radius 3 is 2.45 bits per heavy atom. The molecule has 122 valence electrons. The molecule has 2 N–H and O–H groups in total. The smallest absolute Gasteiger partial charge is 0.303 e. The van der Waals surface area contributed by atoms with Crippen LogP contribution in [0.4, 0.5) is 10.1 Å². The van der Waals surface area contributed by atoms with Gasteiger partial charge in [-0.05, 0) is 36.6 Å². The van der Waals surface area contributed by atoms with Crippen molar-refractivity contribution >= 4 is 27.4 Å². The summed E-state index contributed by atoms with van der Waals surface area (Å²) in [6.07, 6.45) is 1.91. The van der Waals surface area contributed by atoms with Gasteiger partial charge in [0.15, 0.2) is 9.84 Å². The quantitative estimate of drug-likeness (QED) is 0.709. The molecular weight excluding hydrogens is 313 g/mol. The number of hydrogen-bond donors (Lipinski definition) is 2. The van der Waals surface area contributed by atoms with Crippen LogP contribution in [-0.2, 0) is 25.2 Å². The third-order valence-corrected chi connectivity index (χ3v) is 3.64. The van der Waals surface area contributed by atoms with Gasteiger partial charge in [-0.25, -0.2) is 12.8 Å². The van der Waals surface area contributed by atoms with Crippen LogP contribution in [0.2, 0.25) is 0 Å². The van der Waals surface area contributed by atoms with E-state index in [2.05, 4.69) is 5.32 Å².